The van der Waals surface area contributed by atoms with E-state index in [1.54, 1.807) is 0 Å². The first kappa shape index (κ1) is 9.98. The van der Waals surface area contributed by atoms with Crippen LogP contribution in [0.15, 0.2) is 0 Å². The van der Waals surface area contributed by atoms with E-state index in [9.17, 15) is 9.59 Å². The number of carboxylic acid groups (broad SMARTS) is 1. The highest BCUT2D eigenvalue weighted by Gasteiger charge is 2.21. The van der Waals surface area contributed by atoms with Gasteiger partial charge in [0.15, 0.2) is 0 Å². The third kappa shape index (κ3) is 5.19. The molecule has 1 saturated carbocycles. The first-order valence-corrected chi connectivity index (χ1v) is 4.37. The van der Waals surface area contributed by atoms with Crippen LogP contribution in [-0.2, 0) is 9.59 Å². The summed E-state index contributed by atoms with van der Waals surface area (Å²) in [5.41, 5.74) is 0. The van der Waals surface area contributed by atoms with E-state index in [1.807, 2.05) is 0 Å². The molecule has 1 aliphatic rings. The minimum Gasteiger partial charge on any atom is -0.480 e. The molecule has 1 aliphatic carbocycles. The van der Waals surface area contributed by atoms with Crippen LogP contribution in [0, 0.1) is 5.92 Å². The lowest BCUT2D eigenvalue weighted by Gasteiger charge is -2.03. The van der Waals surface area contributed by atoms with E-state index in [0.717, 1.165) is 6.54 Å². The van der Waals surface area contributed by atoms with Crippen molar-refractivity contribution in [2.45, 2.75) is 12.8 Å². The Balaban J connectivity index is 1.93. The van der Waals surface area contributed by atoms with E-state index in [1.165, 1.54) is 12.8 Å². The molecule has 0 unspecified atom stereocenters. The SMILES string of the molecule is O=C(O)CNCC(=O)NCC1CC1. The van der Waals surface area contributed by atoms with Crippen LogP contribution in [0.4, 0.5) is 0 Å². The zero-order chi connectivity index (χ0) is 9.68. The van der Waals surface area contributed by atoms with E-state index in [-0.39, 0.29) is 19.0 Å². The lowest BCUT2D eigenvalue weighted by atomic mass is 10.4. The van der Waals surface area contributed by atoms with Crippen LogP contribution < -0.4 is 10.6 Å². The van der Waals surface area contributed by atoms with Gasteiger partial charge < -0.3 is 10.4 Å². The standard InChI is InChI=1S/C8H14N2O3/c11-7(4-9-5-8(12)13)10-3-6-1-2-6/h6,9H,1-5H2,(H,10,11)(H,12,13). The molecule has 74 valence electrons. The quantitative estimate of drug-likeness (QED) is 0.507. The maximum Gasteiger partial charge on any atom is 0.317 e. The van der Waals surface area contributed by atoms with Gasteiger partial charge in [0.25, 0.3) is 0 Å². The highest BCUT2D eigenvalue weighted by Crippen LogP contribution is 2.27. The summed E-state index contributed by atoms with van der Waals surface area (Å²) in [6, 6.07) is 0. The summed E-state index contributed by atoms with van der Waals surface area (Å²) in [6.07, 6.45) is 2.39. The second-order valence-electron chi connectivity index (χ2n) is 3.24. The second kappa shape index (κ2) is 4.81. The fourth-order valence-corrected chi connectivity index (χ4v) is 0.926. The first-order chi connectivity index (χ1) is 6.18. The van der Waals surface area contributed by atoms with Crippen LogP contribution in [-0.4, -0.2) is 36.6 Å². The summed E-state index contributed by atoms with van der Waals surface area (Å²) in [5.74, 6) is -0.424. The van der Waals surface area contributed by atoms with Crippen molar-refractivity contribution >= 4 is 11.9 Å². The largest absolute Gasteiger partial charge is 0.480 e. The number of rotatable bonds is 6. The van der Waals surface area contributed by atoms with Crippen molar-refractivity contribution in [2.75, 3.05) is 19.6 Å². The number of amides is 1. The fourth-order valence-electron chi connectivity index (χ4n) is 0.926. The molecule has 0 aromatic rings. The van der Waals surface area contributed by atoms with Gasteiger partial charge in [0.2, 0.25) is 5.91 Å². The normalized spacial score (nSPS) is 15.4. The molecule has 0 bridgehead atoms. The fraction of sp³-hybridized carbons (Fsp3) is 0.750. The topological polar surface area (TPSA) is 78.4 Å². The van der Waals surface area contributed by atoms with E-state index < -0.39 is 5.97 Å². The molecule has 0 aliphatic heterocycles. The molecule has 0 aromatic heterocycles. The first-order valence-electron chi connectivity index (χ1n) is 4.37. The van der Waals surface area contributed by atoms with Crippen LogP contribution in [0.1, 0.15) is 12.8 Å². The molecule has 1 fully saturated rings. The van der Waals surface area contributed by atoms with E-state index in [2.05, 4.69) is 10.6 Å². The van der Waals surface area contributed by atoms with Gasteiger partial charge in [-0.15, -0.1) is 0 Å². The van der Waals surface area contributed by atoms with Gasteiger partial charge in [-0.05, 0) is 18.8 Å². The lowest BCUT2D eigenvalue weighted by molar-refractivity contribution is -0.136. The Kier molecular flexibility index (Phi) is 3.70. The molecule has 0 aromatic carbocycles. The predicted octanol–water partition coefficient (Wildman–Crippen LogP) is -0.813. The van der Waals surface area contributed by atoms with Crippen LogP contribution in [0.5, 0.6) is 0 Å². The summed E-state index contributed by atoms with van der Waals surface area (Å²) in [6.45, 7) is 0.642. The maximum absolute atomic E-state index is 11.0. The molecule has 5 nitrogen and oxygen atoms in total. The maximum atomic E-state index is 11.0. The molecular formula is C8H14N2O3. The molecule has 1 rings (SSSR count). The monoisotopic (exact) mass is 186 g/mol. The molecule has 0 saturated heterocycles. The van der Waals surface area contributed by atoms with Gasteiger partial charge in [-0.1, -0.05) is 0 Å². The molecule has 0 spiro atoms. The molecule has 3 N–H and O–H groups in total. The van der Waals surface area contributed by atoms with Gasteiger partial charge in [-0.25, -0.2) is 0 Å². The van der Waals surface area contributed by atoms with Gasteiger partial charge in [-0.2, -0.15) is 0 Å². The Hall–Kier alpha value is -1.10. The molecule has 0 radical (unpaired) electrons. The zero-order valence-electron chi connectivity index (χ0n) is 7.38. The summed E-state index contributed by atoms with van der Waals surface area (Å²) in [7, 11) is 0. The van der Waals surface area contributed by atoms with E-state index >= 15 is 0 Å². The van der Waals surface area contributed by atoms with Crippen LogP contribution in [0.2, 0.25) is 0 Å². The van der Waals surface area contributed by atoms with Gasteiger partial charge in [0.1, 0.15) is 0 Å². The summed E-state index contributed by atoms with van der Waals surface area (Å²) < 4.78 is 0. The van der Waals surface area contributed by atoms with Crippen LogP contribution >= 0.6 is 0 Å². The molecule has 0 heterocycles. The van der Waals surface area contributed by atoms with E-state index in [4.69, 9.17) is 5.11 Å². The van der Waals surface area contributed by atoms with Gasteiger partial charge >= 0.3 is 5.97 Å². The van der Waals surface area contributed by atoms with E-state index in [0.29, 0.717) is 5.92 Å². The van der Waals surface area contributed by atoms with Crippen molar-refractivity contribution in [3.05, 3.63) is 0 Å². The van der Waals surface area contributed by atoms with Crippen molar-refractivity contribution in [1.82, 2.24) is 10.6 Å². The van der Waals surface area contributed by atoms with Gasteiger partial charge in [0, 0.05) is 6.54 Å². The Morgan fingerprint density at radius 2 is 2.00 bits per heavy atom. The van der Waals surface area contributed by atoms with Crippen molar-refractivity contribution in [2.24, 2.45) is 5.92 Å². The predicted molar refractivity (Wildman–Crippen MR) is 46.2 cm³/mol. The van der Waals surface area contributed by atoms with Crippen molar-refractivity contribution in [3.63, 3.8) is 0 Å². The number of aliphatic carboxylic acids is 1. The Labute approximate surface area is 76.5 Å². The number of nitrogens with one attached hydrogen (secondary N) is 2. The second-order valence-corrected chi connectivity index (χ2v) is 3.24. The Morgan fingerprint density at radius 1 is 1.31 bits per heavy atom. The highest BCUT2D eigenvalue weighted by atomic mass is 16.4. The Bertz CT molecular complexity index is 202. The zero-order valence-corrected chi connectivity index (χ0v) is 7.38. The summed E-state index contributed by atoms with van der Waals surface area (Å²) >= 11 is 0. The van der Waals surface area contributed by atoms with Crippen molar-refractivity contribution in [3.8, 4) is 0 Å². The molecule has 0 atom stereocenters. The third-order valence-electron chi connectivity index (χ3n) is 1.85. The number of hydrogen-bond acceptors (Lipinski definition) is 3. The molecular weight excluding hydrogens is 172 g/mol. The average Bonchev–Trinajstić information content (AvgIpc) is 2.83. The van der Waals surface area contributed by atoms with Gasteiger partial charge in [0.05, 0.1) is 13.1 Å². The summed E-state index contributed by atoms with van der Waals surface area (Å²) in [5, 5.41) is 13.5. The Morgan fingerprint density at radius 3 is 2.54 bits per heavy atom. The molecule has 1 amide bonds. The number of carboxylic acids is 1. The minimum absolute atomic E-state index is 0.0824. The third-order valence-corrected chi connectivity index (χ3v) is 1.85. The lowest BCUT2D eigenvalue weighted by Crippen LogP contribution is -2.36. The van der Waals surface area contributed by atoms with Crippen molar-refractivity contribution < 1.29 is 14.7 Å². The number of carbonyl (C=O) groups excluding carboxylic acids is 1. The molecule has 13 heavy (non-hydrogen) atoms. The summed E-state index contributed by atoms with van der Waals surface area (Å²) in [4.78, 5) is 21.1. The number of hydrogen-bond donors (Lipinski definition) is 3. The van der Waals surface area contributed by atoms with Crippen molar-refractivity contribution in [1.29, 1.82) is 0 Å². The minimum atomic E-state index is -0.949. The van der Waals surface area contributed by atoms with Crippen LogP contribution in [0.3, 0.4) is 0 Å². The van der Waals surface area contributed by atoms with Crippen LogP contribution in [0.25, 0.3) is 0 Å². The number of carbonyl (C=O) groups is 2. The average molecular weight is 186 g/mol. The van der Waals surface area contributed by atoms with Gasteiger partial charge in [-0.3, -0.25) is 14.9 Å². The highest BCUT2D eigenvalue weighted by molar-refractivity contribution is 5.78. The molecule has 5 heteroatoms. The smallest absolute Gasteiger partial charge is 0.317 e.